The van der Waals surface area contributed by atoms with Crippen LogP contribution in [0.5, 0.6) is 0 Å². The maximum absolute atomic E-state index is 13.0. The zero-order chi connectivity index (χ0) is 20.4. The number of rotatable bonds is 4. The lowest BCUT2D eigenvalue weighted by Crippen LogP contribution is -2.33. The van der Waals surface area contributed by atoms with Gasteiger partial charge in [-0.15, -0.1) is 11.8 Å². The van der Waals surface area contributed by atoms with Crippen molar-refractivity contribution in [2.24, 2.45) is 10.7 Å². The first-order valence-corrected chi connectivity index (χ1v) is 8.91. The summed E-state index contributed by atoms with van der Waals surface area (Å²) in [6.07, 6.45) is -2.89. The molecule has 6 nitrogen and oxygen atoms in total. The summed E-state index contributed by atoms with van der Waals surface area (Å²) < 4.78 is 39.1. The predicted octanol–water partition coefficient (Wildman–Crippen LogP) is 5.07. The maximum Gasteiger partial charge on any atom is 0.416 e. The van der Waals surface area contributed by atoms with Crippen LogP contribution in [0, 0.1) is 10.1 Å². The number of hydrogen-bond acceptors (Lipinski definition) is 4. The van der Waals surface area contributed by atoms with Crippen molar-refractivity contribution in [2.45, 2.75) is 11.1 Å². The Labute approximate surface area is 162 Å². The first-order valence-electron chi connectivity index (χ1n) is 7.31. The van der Waals surface area contributed by atoms with Gasteiger partial charge in [0.25, 0.3) is 5.69 Å². The zero-order valence-electron chi connectivity index (χ0n) is 14.1. The van der Waals surface area contributed by atoms with E-state index in [0.29, 0.717) is 16.8 Å². The monoisotopic (exact) mass is 418 g/mol. The summed E-state index contributed by atoms with van der Waals surface area (Å²) in [5, 5.41) is 11.3. The van der Waals surface area contributed by atoms with Crippen molar-refractivity contribution in [1.82, 2.24) is 0 Å². The fraction of sp³-hybridized carbons (Fsp3) is 0.188. The van der Waals surface area contributed by atoms with Crippen LogP contribution in [0.4, 0.5) is 30.2 Å². The van der Waals surface area contributed by atoms with E-state index in [1.807, 2.05) is 6.26 Å². The Bertz CT molecular complexity index is 906. The first-order chi connectivity index (χ1) is 12.5. The molecule has 0 aliphatic carbocycles. The van der Waals surface area contributed by atoms with Gasteiger partial charge < -0.3 is 10.6 Å². The average molecular weight is 419 g/mol. The minimum Gasteiger partial charge on any atom is -0.369 e. The summed E-state index contributed by atoms with van der Waals surface area (Å²) in [6.45, 7) is 0. The van der Waals surface area contributed by atoms with Crippen LogP contribution in [0.3, 0.4) is 0 Å². The summed E-state index contributed by atoms with van der Waals surface area (Å²) >= 11 is 7.52. The SMILES string of the molecule is CSc1ccc(Cl)c(N=C(N)N(C)c2cc([N+](=O)[O-])cc(C(F)(F)F)c2)c1. The number of nitrogens with zero attached hydrogens (tertiary/aromatic N) is 3. The Hall–Kier alpha value is -2.46. The van der Waals surface area contributed by atoms with E-state index in [9.17, 15) is 23.3 Å². The summed E-state index contributed by atoms with van der Waals surface area (Å²) in [6, 6.07) is 7.27. The fourth-order valence-electron chi connectivity index (χ4n) is 2.09. The molecule has 2 rings (SSSR count). The molecule has 0 atom stereocenters. The first kappa shape index (κ1) is 20.8. The van der Waals surface area contributed by atoms with Crippen molar-refractivity contribution in [3.63, 3.8) is 0 Å². The van der Waals surface area contributed by atoms with E-state index in [1.54, 1.807) is 18.2 Å². The van der Waals surface area contributed by atoms with Gasteiger partial charge in [-0.25, -0.2) is 4.99 Å². The van der Waals surface area contributed by atoms with E-state index in [4.69, 9.17) is 17.3 Å². The lowest BCUT2D eigenvalue weighted by Gasteiger charge is -2.19. The molecule has 0 aromatic heterocycles. The maximum atomic E-state index is 13.0. The van der Waals surface area contributed by atoms with Crippen molar-refractivity contribution in [3.05, 3.63) is 57.1 Å². The summed E-state index contributed by atoms with van der Waals surface area (Å²) in [5.74, 6) is -0.177. The van der Waals surface area contributed by atoms with E-state index in [1.165, 1.54) is 18.8 Å². The molecule has 0 amide bonds. The molecule has 27 heavy (non-hydrogen) atoms. The smallest absolute Gasteiger partial charge is 0.369 e. The molecular formula is C16H14ClF3N4O2S. The molecule has 0 unspecified atom stereocenters. The molecule has 0 saturated carbocycles. The quantitative estimate of drug-likeness (QED) is 0.246. The lowest BCUT2D eigenvalue weighted by atomic mass is 10.1. The summed E-state index contributed by atoms with van der Waals surface area (Å²) in [5.41, 5.74) is 4.22. The molecular weight excluding hydrogens is 405 g/mol. The van der Waals surface area contributed by atoms with Gasteiger partial charge in [0.2, 0.25) is 5.96 Å². The Kier molecular flexibility index (Phi) is 6.22. The highest BCUT2D eigenvalue weighted by Crippen LogP contribution is 2.35. The Morgan fingerprint density at radius 1 is 1.30 bits per heavy atom. The molecule has 2 aromatic rings. The van der Waals surface area contributed by atoms with Crippen LogP contribution in [-0.2, 0) is 6.18 Å². The second kappa shape index (κ2) is 8.05. The minimum atomic E-state index is -4.75. The minimum absolute atomic E-state index is 0.130. The number of aliphatic imine (C=N–C) groups is 1. The molecule has 0 radical (unpaired) electrons. The lowest BCUT2D eigenvalue weighted by molar-refractivity contribution is -0.385. The normalized spacial score (nSPS) is 12.1. The second-order valence-electron chi connectivity index (χ2n) is 5.34. The molecule has 0 heterocycles. The number of nitro groups is 1. The van der Waals surface area contributed by atoms with Gasteiger partial charge in [0.1, 0.15) is 0 Å². The van der Waals surface area contributed by atoms with Crippen LogP contribution in [0.25, 0.3) is 0 Å². The largest absolute Gasteiger partial charge is 0.416 e. The fourth-order valence-corrected chi connectivity index (χ4v) is 2.69. The third kappa shape index (κ3) is 5.04. The standard InChI is InChI=1S/C16H14ClF3N4O2S/c1-23(15(21)22-14-8-12(27-2)3-4-13(14)17)10-5-9(16(18,19)20)6-11(7-10)24(25)26/h3-8H,1-2H3,(H2,21,22). The van der Waals surface area contributed by atoms with Crippen molar-refractivity contribution in [3.8, 4) is 0 Å². The van der Waals surface area contributed by atoms with E-state index in [2.05, 4.69) is 4.99 Å². The van der Waals surface area contributed by atoms with Crippen molar-refractivity contribution in [1.29, 1.82) is 0 Å². The molecule has 0 aliphatic heterocycles. The molecule has 0 bridgehead atoms. The number of non-ortho nitro benzene ring substituents is 1. The van der Waals surface area contributed by atoms with Gasteiger partial charge in [0.15, 0.2) is 0 Å². The third-order valence-corrected chi connectivity index (χ3v) is 4.60. The van der Waals surface area contributed by atoms with Gasteiger partial charge in [-0.1, -0.05) is 11.6 Å². The number of alkyl halides is 3. The van der Waals surface area contributed by atoms with Crippen molar-refractivity contribution >= 4 is 46.4 Å². The highest BCUT2D eigenvalue weighted by molar-refractivity contribution is 7.98. The number of hydrogen-bond donors (Lipinski definition) is 1. The number of benzene rings is 2. The highest BCUT2D eigenvalue weighted by atomic mass is 35.5. The zero-order valence-corrected chi connectivity index (χ0v) is 15.7. The molecule has 0 saturated heterocycles. The molecule has 0 fully saturated rings. The number of anilines is 1. The van der Waals surface area contributed by atoms with E-state index in [-0.39, 0.29) is 11.6 Å². The van der Waals surface area contributed by atoms with Gasteiger partial charge >= 0.3 is 6.18 Å². The van der Waals surface area contributed by atoms with Gasteiger partial charge in [0, 0.05) is 24.1 Å². The molecule has 0 spiro atoms. The van der Waals surface area contributed by atoms with Crippen LogP contribution in [-0.4, -0.2) is 24.2 Å². The predicted molar refractivity (Wildman–Crippen MR) is 101 cm³/mol. The molecule has 144 valence electrons. The summed E-state index contributed by atoms with van der Waals surface area (Å²) in [4.78, 5) is 16.2. The van der Waals surface area contributed by atoms with Crippen molar-refractivity contribution in [2.75, 3.05) is 18.2 Å². The summed E-state index contributed by atoms with van der Waals surface area (Å²) in [7, 11) is 1.35. The molecule has 11 heteroatoms. The van der Waals surface area contributed by atoms with Crippen LogP contribution in [0.1, 0.15) is 5.56 Å². The van der Waals surface area contributed by atoms with Gasteiger partial charge in [0.05, 0.1) is 26.9 Å². The van der Waals surface area contributed by atoms with Gasteiger partial charge in [-0.05, 0) is 30.5 Å². The number of halogens is 4. The Morgan fingerprint density at radius 2 is 1.96 bits per heavy atom. The van der Waals surface area contributed by atoms with Crippen molar-refractivity contribution < 1.29 is 18.1 Å². The number of nitrogens with two attached hydrogens (primary N) is 1. The molecule has 2 aromatic carbocycles. The number of guanidine groups is 1. The topological polar surface area (TPSA) is 84.8 Å². The van der Waals surface area contributed by atoms with Crippen LogP contribution < -0.4 is 10.6 Å². The van der Waals surface area contributed by atoms with E-state index in [0.717, 1.165) is 21.9 Å². The van der Waals surface area contributed by atoms with E-state index < -0.39 is 22.4 Å². The Balaban J connectivity index is 2.48. The Morgan fingerprint density at radius 3 is 2.52 bits per heavy atom. The van der Waals surface area contributed by atoms with Gasteiger partial charge in [-0.2, -0.15) is 13.2 Å². The number of nitro benzene ring substituents is 1. The van der Waals surface area contributed by atoms with Crippen LogP contribution >= 0.6 is 23.4 Å². The van der Waals surface area contributed by atoms with E-state index >= 15 is 0 Å². The number of thioether (sulfide) groups is 1. The average Bonchev–Trinajstić information content (AvgIpc) is 2.61. The molecule has 0 aliphatic rings. The molecule has 2 N–H and O–H groups in total. The van der Waals surface area contributed by atoms with Gasteiger partial charge in [-0.3, -0.25) is 10.1 Å². The van der Waals surface area contributed by atoms with Crippen LogP contribution in [0.15, 0.2) is 46.3 Å². The highest BCUT2D eigenvalue weighted by Gasteiger charge is 2.33. The van der Waals surface area contributed by atoms with Crippen LogP contribution in [0.2, 0.25) is 5.02 Å². The second-order valence-corrected chi connectivity index (χ2v) is 6.63. The third-order valence-electron chi connectivity index (χ3n) is 3.56.